The highest BCUT2D eigenvalue weighted by molar-refractivity contribution is 6.32. The molecule has 1 unspecified atom stereocenters. The summed E-state index contributed by atoms with van der Waals surface area (Å²) in [4.78, 5) is 24.9. The van der Waals surface area contributed by atoms with Gasteiger partial charge >= 0.3 is 0 Å². The van der Waals surface area contributed by atoms with Crippen molar-refractivity contribution in [2.24, 2.45) is 5.41 Å². The molecule has 0 aromatic carbocycles. The highest BCUT2D eigenvalue weighted by Gasteiger charge is 2.36. The quantitative estimate of drug-likeness (QED) is 0.817. The highest BCUT2D eigenvalue weighted by Crippen LogP contribution is 2.33. The Morgan fingerprint density at radius 2 is 2.20 bits per heavy atom. The monoisotopic (exact) mass is 365 g/mol. The van der Waals surface area contributed by atoms with Gasteiger partial charge in [-0.05, 0) is 24.4 Å². The number of pyridine rings is 1. The molecule has 134 valence electrons. The number of hydrogen-bond acceptors (Lipinski definition) is 5. The van der Waals surface area contributed by atoms with Crippen LogP contribution in [0.2, 0.25) is 5.02 Å². The first-order chi connectivity index (χ1) is 11.8. The highest BCUT2D eigenvalue weighted by atomic mass is 35.5. The molecule has 1 fully saturated rings. The van der Waals surface area contributed by atoms with Crippen LogP contribution in [0.5, 0.6) is 0 Å². The van der Waals surface area contributed by atoms with Crippen LogP contribution >= 0.6 is 11.6 Å². The third-order valence-corrected chi connectivity index (χ3v) is 5.06. The average Bonchev–Trinajstić information content (AvgIpc) is 2.56. The van der Waals surface area contributed by atoms with Gasteiger partial charge in [-0.3, -0.25) is 4.79 Å². The summed E-state index contributed by atoms with van der Waals surface area (Å²) in [6, 6.07) is 2.99. The molecule has 25 heavy (non-hydrogen) atoms. The zero-order chi connectivity index (χ0) is 18.2. The molecule has 0 bridgehead atoms. The lowest BCUT2D eigenvalue weighted by molar-refractivity contribution is 0.215. The Balaban J connectivity index is 2.05. The Labute approximate surface area is 150 Å². The Hall–Kier alpha value is -1.99. The van der Waals surface area contributed by atoms with Crippen molar-refractivity contribution in [1.82, 2.24) is 20.3 Å². The van der Waals surface area contributed by atoms with E-state index in [1.807, 2.05) is 11.9 Å². The normalized spacial score (nSPS) is 19.6. The number of hydrogen-bond donors (Lipinski definition) is 2. The number of aromatic amines is 1. The van der Waals surface area contributed by atoms with Gasteiger partial charge in [-0.15, -0.1) is 0 Å². The minimum absolute atomic E-state index is 0.0104. The minimum atomic E-state index is -0.635. The van der Waals surface area contributed by atoms with Crippen molar-refractivity contribution in [3.05, 3.63) is 39.7 Å². The zero-order valence-corrected chi connectivity index (χ0v) is 15.2. The molecule has 3 heterocycles. The maximum atomic E-state index is 13.4. The molecule has 1 aliphatic heterocycles. The second kappa shape index (κ2) is 6.72. The molecule has 1 atom stereocenters. The Morgan fingerprint density at radius 1 is 1.44 bits per heavy atom. The fourth-order valence-corrected chi connectivity index (χ4v) is 3.61. The van der Waals surface area contributed by atoms with E-state index in [2.05, 4.69) is 34.1 Å². The van der Waals surface area contributed by atoms with Crippen LogP contribution in [-0.2, 0) is 0 Å². The molecule has 1 aliphatic rings. The maximum Gasteiger partial charge on any atom is 0.272 e. The number of nitrogens with zero attached hydrogens (tertiary/aromatic N) is 3. The maximum absolute atomic E-state index is 13.4. The summed E-state index contributed by atoms with van der Waals surface area (Å²) < 4.78 is 13.4. The third kappa shape index (κ3) is 3.52. The van der Waals surface area contributed by atoms with E-state index in [9.17, 15) is 9.18 Å². The number of nitrogens with one attached hydrogen (secondary N) is 2. The first-order valence-corrected chi connectivity index (χ1v) is 8.53. The summed E-state index contributed by atoms with van der Waals surface area (Å²) in [7, 11) is 1.89. The van der Waals surface area contributed by atoms with Crippen molar-refractivity contribution in [2.75, 3.05) is 25.0 Å². The van der Waals surface area contributed by atoms with E-state index < -0.39 is 11.5 Å². The van der Waals surface area contributed by atoms with Crippen LogP contribution < -0.4 is 15.8 Å². The second-order valence-corrected chi connectivity index (χ2v) is 7.38. The SMILES string of the molecule is CN(c1nc(-c2ccnc(F)c2)[nH]c(=O)c1Cl)C1CCNCC1(C)C. The van der Waals surface area contributed by atoms with Crippen LogP contribution in [0.3, 0.4) is 0 Å². The summed E-state index contributed by atoms with van der Waals surface area (Å²) in [5.74, 6) is 0.0337. The molecule has 6 nitrogen and oxygen atoms in total. The van der Waals surface area contributed by atoms with Gasteiger partial charge in [-0.1, -0.05) is 25.4 Å². The standard InChI is InChI=1S/C17H21ClFN5O/c1-17(2)9-20-6-5-11(17)24(3)15-13(18)16(25)23-14(22-15)10-4-7-21-12(19)8-10/h4,7-8,11,20H,5-6,9H2,1-3H3,(H,22,23,25). The van der Waals surface area contributed by atoms with Gasteiger partial charge in [0.05, 0.1) is 0 Å². The summed E-state index contributed by atoms with van der Waals surface area (Å²) in [6.45, 7) is 6.09. The smallest absolute Gasteiger partial charge is 0.272 e. The van der Waals surface area contributed by atoms with E-state index in [1.165, 1.54) is 12.3 Å². The molecule has 2 aromatic heterocycles. The minimum Gasteiger partial charge on any atom is -0.355 e. The first kappa shape index (κ1) is 17.8. The van der Waals surface area contributed by atoms with Gasteiger partial charge in [0.1, 0.15) is 10.8 Å². The van der Waals surface area contributed by atoms with Crippen molar-refractivity contribution in [1.29, 1.82) is 0 Å². The largest absolute Gasteiger partial charge is 0.355 e. The summed E-state index contributed by atoms with van der Waals surface area (Å²) in [5.41, 5.74) is -0.0123. The molecule has 2 N–H and O–H groups in total. The van der Waals surface area contributed by atoms with Gasteiger partial charge in [-0.25, -0.2) is 9.97 Å². The first-order valence-electron chi connectivity index (χ1n) is 8.15. The molecule has 0 aliphatic carbocycles. The number of piperidine rings is 1. The fraction of sp³-hybridized carbons (Fsp3) is 0.471. The van der Waals surface area contributed by atoms with Crippen molar-refractivity contribution in [2.45, 2.75) is 26.3 Å². The van der Waals surface area contributed by atoms with E-state index in [1.54, 1.807) is 6.07 Å². The van der Waals surface area contributed by atoms with E-state index >= 15 is 0 Å². The molecule has 2 aromatic rings. The van der Waals surface area contributed by atoms with Crippen LogP contribution in [0.4, 0.5) is 10.2 Å². The van der Waals surface area contributed by atoms with E-state index in [0.717, 1.165) is 19.5 Å². The summed E-state index contributed by atoms with van der Waals surface area (Å²) >= 11 is 6.24. The van der Waals surface area contributed by atoms with Crippen molar-refractivity contribution < 1.29 is 4.39 Å². The van der Waals surface area contributed by atoms with Gasteiger partial charge in [0.2, 0.25) is 5.95 Å². The number of aromatic nitrogens is 3. The van der Waals surface area contributed by atoms with Gasteiger partial charge in [-0.2, -0.15) is 4.39 Å². The van der Waals surface area contributed by atoms with Gasteiger partial charge in [0, 0.05) is 37.5 Å². The molecule has 3 rings (SSSR count). The molecule has 8 heteroatoms. The average molecular weight is 366 g/mol. The number of H-pyrrole nitrogens is 1. The van der Waals surface area contributed by atoms with Crippen LogP contribution in [0, 0.1) is 11.4 Å². The predicted molar refractivity (Wildman–Crippen MR) is 96.5 cm³/mol. The van der Waals surface area contributed by atoms with Crippen LogP contribution in [0.1, 0.15) is 20.3 Å². The van der Waals surface area contributed by atoms with Crippen LogP contribution in [0.15, 0.2) is 23.1 Å². The Bertz CT molecular complexity index is 838. The van der Waals surface area contributed by atoms with Gasteiger partial charge < -0.3 is 15.2 Å². The van der Waals surface area contributed by atoms with Gasteiger partial charge in [0.15, 0.2) is 5.82 Å². The number of halogens is 2. The number of anilines is 1. The van der Waals surface area contributed by atoms with Crippen molar-refractivity contribution in [3.63, 3.8) is 0 Å². The second-order valence-electron chi connectivity index (χ2n) is 7.00. The molecule has 0 spiro atoms. The van der Waals surface area contributed by atoms with Crippen molar-refractivity contribution in [3.8, 4) is 11.4 Å². The molecule has 0 saturated carbocycles. The van der Waals surface area contributed by atoms with Crippen molar-refractivity contribution >= 4 is 17.4 Å². The number of rotatable bonds is 3. The van der Waals surface area contributed by atoms with E-state index in [-0.39, 0.29) is 22.3 Å². The van der Waals surface area contributed by atoms with Crippen LogP contribution in [0.25, 0.3) is 11.4 Å². The lowest BCUT2D eigenvalue weighted by atomic mass is 9.79. The van der Waals surface area contributed by atoms with E-state index in [0.29, 0.717) is 11.4 Å². The summed E-state index contributed by atoms with van der Waals surface area (Å²) in [6.07, 6.45) is 2.24. The predicted octanol–water partition coefficient (Wildman–Crippen LogP) is 2.45. The Morgan fingerprint density at radius 3 is 2.88 bits per heavy atom. The third-order valence-electron chi connectivity index (χ3n) is 4.72. The van der Waals surface area contributed by atoms with E-state index in [4.69, 9.17) is 11.6 Å². The van der Waals surface area contributed by atoms with Crippen LogP contribution in [-0.4, -0.2) is 41.1 Å². The fourth-order valence-electron chi connectivity index (χ4n) is 3.39. The Kier molecular flexibility index (Phi) is 4.79. The molecule has 0 radical (unpaired) electrons. The lowest BCUT2D eigenvalue weighted by Gasteiger charge is -2.44. The van der Waals surface area contributed by atoms with Gasteiger partial charge in [0.25, 0.3) is 5.56 Å². The molecule has 1 saturated heterocycles. The zero-order valence-electron chi connectivity index (χ0n) is 14.4. The molecular formula is C17H21ClFN5O. The topological polar surface area (TPSA) is 73.9 Å². The molecular weight excluding hydrogens is 345 g/mol. The molecule has 0 amide bonds. The summed E-state index contributed by atoms with van der Waals surface area (Å²) in [5, 5.41) is 3.42. The lowest BCUT2D eigenvalue weighted by Crippen LogP contribution is -2.54.